The number of rotatable bonds is 5. The van der Waals surface area contributed by atoms with Gasteiger partial charge in [0.25, 0.3) is 0 Å². The molecule has 0 aromatic rings. The molecule has 0 spiro atoms. The number of alkyl halides is 1. The minimum Gasteiger partial charge on any atom is -0.346 e. The van der Waals surface area contributed by atoms with Gasteiger partial charge >= 0.3 is 0 Å². The van der Waals surface area contributed by atoms with Gasteiger partial charge in [0.15, 0.2) is 0 Å². The lowest BCUT2D eigenvalue weighted by Crippen LogP contribution is -2.31. The number of hydrogen-bond acceptors (Lipinski definition) is 1. The topological polar surface area (TPSA) is 20.3 Å². The molecule has 2 nitrogen and oxygen atoms in total. The van der Waals surface area contributed by atoms with Crippen LogP contribution in [0.3, 0.4) is 0 Å². The Morgan fingerprint density at radius 3 is 2.71 bits per heavy atom. The maximum atomic E-state index is 12.1. The molecule has 3 heteroatoms. The van der Waals surface area contributed by atoms with Gasteiger partial charge in [0.1, 0.15) is 0 Å². The van der Waals surface area contributed by atoms with Crippen molar-refractivity contribution in [3.8, 4) is 0 Å². The average Bonchev–Trinajstić information content (AvgIpc) is 2.87. The summed E-state index contributed by atoms with van der Waals surface area (Å²) in [6.45, 7) is 3.01. The largest absolute Gasteiger partial charge is 0.346 e. The molecule has 2 fully saturated rings. The van der Waals surface area contributed by atoms with Crippen molar-refractivity contribution in [2.75, 3.05) is 13.6 Å². The third kappa shape index (κ3) is 3.46. The fourth-order valence-electron chi connectivity index (χ4n) is 3.50. The number of nitrogens with zero attached hydrogens (tertiary/aromatic N) is 1. The van der Waals surface area contributed by atoms with Gasteiger partial charge in [0.05, 0.1) is 0 Å². The molecular weight excluding hydrogens is 278 g/mol. The Hall–Kier alpha value is -0.0500. The first-order valence-electron chi connectivity index (χ1n) is 6.94. The lowest BCUT2D eigenvalue weighted by atomic mass is 9.86. The van der Waals surface area contributed by atoms with Gasteiger partial charge in [-0.2, -0.15) is 0 Å². The molecule has 17 heavy (non-hydrogen) atoms. The highest BCUT2D eigenvalue weighted by Crippen LogP contribution is 2.49. The lowest BCUT2D eigenvalue weighted by molar-refractivity contribution is -0.131. The molecule has 0 aromatic carbocycles. The zero-order valence-corrected chi connectivity index (χ0v) is 12.6. The number of hydrogen-bond donors (Lipinski definition) is 0. The zero-order chi connectivity index (χ0) is 12.4. The van der Waals surface area contributed by atoms with Crippen LogP contribution in [0, 0.1) is 17.8 Å². The van der Waals surface area contributed by atoms with E-state index < -0.39 is 0 Å². The minimum absolute atomic E-state index is 0.357. The van der Waals surface area contributed by atoms with E-state index >= 15 is 0 Å². The molecule has 0 aliphatic heterocycles. The highest BCUT2D eigenvalue weighted by molar-refractivity contribution is 9.09. The minimum atomic E-state index is 0.357. The molecule has 0 radical (unpaired) electrons. The first-order valence-corrected chi connectivity index (χ1v) is 7.86. The summed E-state index contributed by atoms with van der Waals surface area (Å²) in [5.41, 5.74) is 0. The Balaban J connectivity index is 1.73. The van der Waals surface area contributed by atoms with Gasteiger partial charge in [-0.1, -0.05) is 29.3 Å². The maximum absolute atomic E-state index is 12.1. The van der Waals surface area contributed by atoms with Crippen molar-refractivity contribution in [2.24, 2.45) is 17.8 Å². The Morgan fingerprint density at radius 1 is 1.41 bits per heavy atom. The first-order chi connectivity index (χ1) is 8.06. The molecule has 4 atom stereocenters. The van der Waals surface area contributed by atoms with Gasteiger partial charge in [0.2, 0.25) is 5.91 Å². The maximum Gasteiger partial charge on any atom is 0.222 e. The van der Waals surface area contributed by atoms with Crippen LogP contribution < -0.4 is 0 Å². The van der Waals surface area contributed by atoms with E-state index in [1.54, 1.807) is 0 Å². The van der Waals surface area contributed by atoms with Gasteiger partial charge in [0, 0.05) is 24.8 Å². The second kappa shape index (κ2) is 5.73. The summed E-state index contributed by atoms with van der Waals surface area (Å²) in [6.07, 6.45) is 7.36. The highest BCUT2D eigenvalue weighted by Gasteiger charge is 2.40. The number of carbonyl (C=O) groups excluding carboxylic acids is 1. The zero-order valence-electron chi connectivity index (χ0n) is 11.0. The Labute approximate surface area is 113 Å². The van der Waals surface area contributed by atoms with E-state index in [1.165, 1.54) is 25.7 Å². The lowest BCUT2D eigenvalue weighted by Gasteiger charge is -2.24. The van der Waals surface area contributed by atoms with Crippen molar-refractivity contribution < 1.29 is 4.79 Å². The summed E-state index contributed by atoms with van der Waals surface area (Å²) in [4.78, 5) is 14.5. The Kier molecular flexibility index (Phi) is 4.51. The molecule has 0 heterocycles. The molecule has 4 unspecified atom stereocenters. The van der Waals surface area contributed by atoms with E-state index in [1.807, 2.05) is 11.9 Å². The van der Waals surface area contributed by atoms with Crippen molar-refractivity contribution in [1.82, 2.24) is 4.90 Å². The van der Waals surface area contributed by atoms with Crippen LogP contribution in [0.2, 0.25) is 0 Å². The van der Waals surface area contributed by atoms with Crippen LogP contribution in [-0.4, -0.2) is 29.2 Å². The fraction of sp³-hybridized carbons (Fsp3) is 0.929. The summed E-state index contributed by atoms with van der Waals surface area (Å²) < 4.78 is 0. The molecule has 2 saturated carbocycles. The number of halogens is 1. The van der Waals surface area contributed by atoms with E-state index in [2.05, 4.69) is 22.9 Å². The van der Waals surface area contributed by atoms with Gasteiger partial charge in [-0.05, 0) is 43.4 Å². The second-order valence-corrected chi connectivity index (χ2v) is 7.59. The average molecular weight is 302 g/mol. The number of amides is 1. The van der Waals surface area contributed by atoms with Gasteiger partial charge < -0.3 is 4.90 Å². The van der Waals surface area contributed by atoms with Crippen LogP contribution in [0.1, 0.15) is 45.4 Å². The summed E-state index contributed by atoms with van der Waals surface area (Å²) in [5, 5.41) is 0. The number of carbonyl (C=O) groups is 1. The summed E-state index contributed by atoms with van der Waals surface area (Å²) in [6, 6.07) is 0. The van der Waals surface area contributed by atoms with Gasteiger partial charge in [-0.3, -0.25) is 4.79 Å². The molecule has 2 rings (SSSR count). The molecule has 2 bridgehead atoms. The molecule has 2 aliphatic carbocycles. The normalized spacial score (nSPS) is 32.8. The Morgan fingerprint density at radius 2 is 2.18 bits per heavy atom. The van der Waals surface area contributed by atoms with Crippen LogP contribution in [0.25, 0.3) is 0 Å². The quantitative estimate of drug-likeness (QED) is 0.712. The van der Waals surface area contributed by atoms with E-state index in [0.29, 0.717) is 16.7 Å². The molecular formula is C14H24BrNO. The van der Waals surface area contributed by atoms with Crippen molar-refractivity contribution in [3.05, 3.63) is 0 Å². The van der Waals surface area contributed by atoms with E-state index in [9.17, 15) is 4.79 Å². The highest BCUT2D eigenvalue weighted by atomic mass is 79.9. The van der Waals surface area contributed by atoms with E-state index in [4.69, 9.17) is 0 Å². The predicted molar refractivity (Wildman–Crippen MR) is 74.2 cm³/mol. The molecule has 0 N–H and O–H groups in total. The standard InChI is InChI=1S/C14H24BrNO/c1-10(15)5-6-16(2)14(17)9-13-8-11-3-4-12(13)7-11/h10-13H,3-9H2,1-2H3. The second-order valence-electron chi connectivity index (χ2n) is 6.02. The monoisotopic (exact) mass is 301 g/mol. The first kappa shape index (κ1) is 13.4. The van der Waals surface area contributed by atoms with Crippen molar-refractivity contribution in [2.45, 2.75) is 50.3 Å². The predicted octanol–water partition coefficient (Wildman–Crippen LogP) is 3.44. The van der Waals surface area contributed by atoms with Crippen LogP contribution in [0.5, 0.6) is 0 Å². The molecule has 2 aliphatic rings. The van der Waals surface area contributed by atoms with Gasteiger partial charge in [-0.25, -0.2) is 0 Å². The third-order valence-electron chi connectivity index (χ3n) is 4.61. The molecule has 1 amide bonds. The van der Waals surface area contributed by atoms with Crippen molar-refractivity contribution in [3.63, 3.8) is 0 Å². The SMILES string of the molecule is CC(Br)CCN(C)C(=O)CC1CC2CCC1C2. The summed E-state index contributed by atoms with van der Waals surface area (Å²) in [5.74, 6) is 2.87. The summed E-state index contributed by atoms with van der Waals surface area (Å²) >= 11 is 3.53. The van der Waals surface area contributed by atoms with Crippen molar-refractivity contribution >= 4 is 21.8 Å². The third-order valence-corrected chi connectivity index (χ3v) is 5.07. The number of fused-ring (bicyclic) bond motifs is 2. The van der Waals surface area contributed by atoms with E-state index in [-0.39, 0.29) is 0 Å². The van der Waals surface area contributed by atoms with Crippen LogP contribution in [0.15, 0.2) is 0 Å². The smallest absolute Gasteiger partial charge is 0.222 e. The van der Waals surface area contributed by atoms with Crippen LogP contribution in [0.4, 0.5) is 0 Å². The molecule has 0 saturated heterocycles. The van der Waals surface area contributed by atoms with Gasteiger partial charge in [-0.15, -0.1) is 0 Å². The molecule has 98 valence electrons. The van der Waals surface area contributed by atoms with Crippen molar-refractivity contribution in [1.29, 1.82) is 0 Å². The fourth-order valence-corrected chi connectivity index (χ4v) is 3.71. The van der Waals surface area contributed by atoms with E-state index in [0.717, 1.165) is 31.2 Å². The molecule has 0 aromatic heterocycles. The van der Waals surface area contributed by atoms with Crippen LogP contribution in [-0.2, 0) is 4.79 Å². The Bertz CT molecular complexity index is 279. The van der Waals surface area contributed by atoms with Crippen LogP contribution >= 0.6 is 15.9 Å². The summed E-state index contributed by atoms with van der Waals surface area (Å²) in [7, 11) is 1.95.